The first-order valence-electron chi connectivity index (χ1n) is 55.1. The average Bonchev–Trinajstić information content (AvgIpc) is 0.895. The van der Waals surface area contributed by atoms with E-state index < -0.39 is 91.5 Å². The maximum Gasteiger partial charge on any atom is 0.472 e. The second-order valence-corrected chi connectivity index (χ2v) is 39.6. The summed E-state index contributed by atoms with van der Waals surface area (Å²) in [6, 6.07) is 0. The molecular weight excluding hydrogens is 1720 g/mol. The Balaban J connectivity index is 4.59. The zero-order valence-corrected chi connectivity index (χ0v) is 88.1. The van der Waals surface area contributed by atoms with Crippen LogP contribution in [-0.2, 0) is 55.8 Å². The van der Waals surface area contributed by atoms with Crippen LogP contribution in [0.25, 0.3) is 0 Å². The SMILES string of the molecule is CC/C=C\C/C=C\C/C=C\C/C=C\C/C=C\C/C=C\CCCCCCCCCCCCC(=O)OC(COC(=O)CCCCCCCCCCCCCCCCCCCCC/C=C\C/C=C\C/C=C\C/C=C\CCCCC)COP(=O)(O)OCC(O)COP(=O)(O)OCC(O)COC(=O)CCCCCCCCCCCCCCCCCCCCC/C=C\C/C=C\C/C=C\C/C=C\C/C=C\CC. The standard InChI is InChI=1S/C117H202O16P2/c1-4-7-10-13-16-19-22-25-28-31-34-37-40-43-46-49-51-53-55-57-59-62-64-67-70-73-76-79-82-85-88-91-94-97-100-103-115(120)127-106-112(118)107-129-134(123,124)130-108-113(119)109-131-135(125,126)132-111-114(133-117(122)105-102-99-96-93-90-87-84-81-78-75-72-69-66-61-48-45-42-39-36-33-30-27-24-21-18-15-12-9-6-3)110-128-116(121)104-101-98-95-92-89-86-83-80-77-74-71-68-65-63-60-58-56-54-52-50-47-44-41-38-35-32-29-26-23-20-17-14-11-8-5-2/h7,9-10,12,16-21,25-30,34-39,43-48,66,69,112-114,118-119H,4-6,8,11,13-15,22-24,31-33,40-42,49-65,67-68,70-111H2,1-3H3,(H,123,124)(H,125,126)/b10-7-,12-9-,19-16-,20-17-,21-18-,28-25-,29-26-,30-27-,37-34-,38-35-,39-36-,46-43-,47-44-,48-45-,69-66-. The van der Waals surface area contributed by atoms with Crippen LogP contribution < -0.4 is 0 Å². The van der Waals surface area contributed by atoms with Crippen molar-refractivity contribution < 1.29 is 75.8 Å². The lowest BCUT2D eigenvalue weighted by molar-refractivity contribution is -0.161. The van der Waals surface area contributed by atoms with Crippen molar-refractivity contribution in [3.63, 3.8) is 0 Å². The van der Waals surface area contributed by atoms with Crippen molar-refractivity contribution in [2.75, 3.05) is 39.6 Å². The molecule has 0 aliphatic rings. The van der Waals surface area contributed by atoms with Crippen LogP contribution in [0.4, 0.5) is 0 Å². The summed E-state index contributed by atoms with van der Waals surface area (Å²) in [5.41, 5.74) is 0. The highest BCUT2D eigenvalue weighted by Gasteiger charge is 2.30. The molecule has 0 radical (unpaired) electrons. The number of unbranched alkanes of at least 4 members (excludes halogenated alkanes) is 51. The van der Waals surface area contributed by atoms with E-state index in [2.05, 4.69) is 203 Å². The molecule has 0 heterocycles. The topological polar surface area (TPSA) is 231 Å². The molecule has 0 amide bonds. The maximum atomic E-state index is 13.2. The van der Waals surface area contributed by atoms with E-state index in [0.29, 0.717) is 19.3 Å². The van der Waals surface area contributed by atoms with Crippen LogP contribution >= 0.6 is 15.6 Å². The number of aliphatic hydroxyl groups is 2. The van der Waals surface area contributed by atoms with Crippen LogP contribution in [0, 0.1) is 0 Å². The molecule has 5 unspecified atom stereocenters. The molecule has 0 saturated heterocycles. The Morgan fingerprint density at radius 3 is 0.622 bits per heavy atom. The minimum atomic E-state index is -4.95. The lowest BCUT2D eigenvalue weighted by Crippen LogP contribution is -2.30. The molecule has 0 saturated carbocycles. The zero-order valence-electron chi connectivity index (χ0n) is 86.3. The van der Waals surface area contributed by atoms with Crippen molar-refractivity contribution in [3.05, 3.63) is 182 Å². The van der Waals surface area contributed by atoms with E-state index in [0.717, 1.165) is 161 Å². The Bertz CT molecular complexity index is 3190. The van der Waals surface area contributed by atoms with Gasteiger partial charge in [-0.1, -0.05) is 486 Å². The van der Waals surface area contributed by atoms with E-state index in [9.17, 15) is 43.5 Å². The largest absolute Gasteiger partial charge is 0.472 e. The van der Waals surface area contributed by atoms with Gasteiger partial charge in [0.2, 0.25) is 0 Å². The lowest BCUT2D eigenvalue weighted by atomic mass is 10.0. The molecule has 18 heteroatoms. The molecule has 0 fully saturated rings. The van der Waals surface area contributed by atoms with Gasteiger partial charge >= 0.3 is 33.6 Å². The van der Waals surface area contributed by atoms with Crippen molar-refractivity contribution in [2.24, 2.45) is 0 Å². The summed E-state index contributed by atoms with van der Waals surface area (Å²) in [6.07, 6.45) is 144. The first-order valence-corrected chi connectivity index (χ1v) is 58.1. The Morgan fingerprint density at radius 1 is 0.215 bits per heavy atom. The Morgan fingerprint density at radius 2 is 0.393 bits per heavy atom. The molecular formula is C117H202O16P2. The molecule has 0 aliphatic heterocycles. The summed E-state index contributed by atoms with van der Waals surface area (Å²) in [6.45, 7) is 2.51. The second kappa shape index (κ2) is 107. The predicted octanol–water partition coefficient (Wildman–Crippen LogP) is 35.5. The molecule has 0 spiro atoms. The molecule has 4 N–H and O–H groups in total. The van der Waals surface area contributed by atoms with Gasteiger partial charge in [-0.25, -0.2) is 9.13 Å². The van der Waals surface area contributed by atoms with Gasteiger partial charge in [0.15, 0.2) is 6.10 Å². The fourth-order valence-electron chi connectivity index (χ4n) is 15.4. The number of rotatable bonds is 104. The summed E-state index contributed by atoms with van der Waals surface area (Å²) in [5.74, 6) is -1.56. The van der Waals surface area contributed by atoms with E-state index in [1.807, 2.05) is 0 Å². The number of esters is 3. The van der Waals surface area contributed by atoms with Crippen molar-refractivity contribution in [3.8, 4) is 0 Å². The minimum Gasteiger partial charge on any atom is -0.463 e. The molecule has 0 aromatic carbocycles. The number of hydrogen-bond acceptors (Lipinski definition) is 14. The highest BCUT2D eigenvalue weighted by atomic mass is 31.2. The third-order valence-corrected chi connectivity index (χ3v) is 25.5. The van der Waals surface area contributed by atoms with Crippen LogP contribution in [0.3, 0.4) is 0 Å². The smallest absolute Gasteiger partial charge is 0.463 e. The third kappa shape index (κ3) is 109. The first-order chi connectivity index (χ1) is 66.2. The van der Waals surface area contributed by atoms with E-state index in [1.165, 1.54) is 263 Å². The summed E-state index contributed by atoms with van der Waals surface area (Å²) in [7, 11) is -9.82. The fourth-order valence-corrected chi connectivity index (χ4v) is 16.9. The summed E-state index contributed by atoms with van der Waals surface area (Å²) >= 11 is 0. The van der Waals surface area contributed by atoms with Gasteiger partial charge in [-0.05, 0) is 161 Å². The highest BCUT2D eigenvalue weighted by molar-refractivity contribution is 7.47. The number of carbonyl (C=O) groups excluding carboxylic acids is 3. The van der Waals surface area contributed by atoms with Gasteiger partial charge in [-0.2, -0.15) is 0 Å². The molecule has 0 aromatic heterocycles. The van der Waals surface area contributed by atoms with Crippen LogP contribution in [0.15, 0.2) is 182 Å². The number of phosphoric ester groups is 2. The second-order valence-electron chi connectivity index (χ2n) is 36.7. The van der Waals surface area contributed by atoms with Crippen LogP contribution in [0.2, 0.25) is 0 Å². The number of phosphoric acid groups is 2. The van der Waals surface area contributed by atoms with Gasteiger partial charge in [0.05, 0.1) is 26.4 Å². The zero-order chi connectivity index (χ0) is 97.8. The molecule has 0 aliphatic carbocycles. The van der Waals surface area contributed by atoms with Gasteiger partial charge in [0.1, 0.15) is 25.4 Å². The van der Waals surface area contributed by atoms with Gasteiger partial charge in [-0.15, -0.1) is 0 Å². The number of carbonyl (C=O) groups is 3. The van der Waals surface area contributed by atoms with E-state index in [-0.39, 0.29) is 19.3 Å². The van der Waals surface area contributed by atoms with Gasteiger partial charge in [-0.3, -0.25) is 32.5 Å². The summed E-state index contributed by atoms with van der Waals surface area (Å²) in [4.78, 5) is 59.3. The number of ether oxygens (including phenoxy) is 3. The van der Waals surface area contributed by atoms with Crippen molar-refractivity contribution in [1.29, 1.82) is 0 Å². The van der Waals surface area contributed by atoms with Gasteiger partial charge in [0, 0.05) is 19.3 Å². The molecule has 0 aromatic rings. The average molecular weight is 1930 g/mol. The Kier molecular flexibility index (Phi) is 103. The van der Waals surface area contributed by atoms with Crippen LogP contribution in [-0.4, -0.2) is 95.9 Å². The fraction of sp³-hybridized carbons (Fsp3) is 0.718. The predicted molar refractivity (Wildman–Crippen MR) is 574 cm³/mol. The van der Waals surface area contributed by atoms with Crippen LogP contribution in [0.1, 0.15) is 483 Å². The van der Waals surface area contributed by atoms with Crippen molar-refractivity contribution >= 4 is 33.6 Å². The van der Waals surface area contributed by atoms with E-state index in [4.69, 9.17) is 32.3 Å². The van der Waals surface area contributed by atoms with Gasteiger partial charge in [0.25, 0.3) is 0 Å². The molecule has 0 rings (SSSR count). The van der Waals surface area contributed by atoms with Crippen LogP contribution in [0.5, 0.6) is 0 Å². The number of allylic oxidation sites excluding steroid dienone is 30. The quantitative estimate of drug-likeness (QED) is 0.0146. The Labute approximate surface area is 827 Å². The summed E-state index contributed by atoms with van der Waals surface area (Å²) < 4.78 is 61.8. The van der Waals surface area contributed by atoms with E-state index in [1.54, 1.807) is 0 Å². The van der Waals surface area contributed by atoms with Crippen molar-refractivity contribution in [1.82, 2.24) is 0 Å². The molecule has 135 heavy (non-hydrogen) atoms. The highest BCUT2D eigenvalue weighted by Crippen LogP contribution is 2.45. The number of aliphatic hydroxyl groups excluding tert-OH is 2. The third-order valence-electron chi connectivity index (χ3n) is 23.6. The molecule has 776 valence electrons. The number of hydrogen-bond donors (Lipinski definition) is 4. The monoisotopic (exact) mass is 1930 g/mol. The Hall–Kier alpha value is -5.35. The normalized spacial score (nSPS) is 14.3. The molecule has 0 bridgehead atoms. The van der Waals surface area contributed by atoms with Crippen molar-refractivity contribution in [2.45, 2.75) is 501 Å². The van der Waals surface area contributed by atoms with Gasteiger partial charge < -0.3 is 34.2 Å². The summed E-state index contributed by atoms with van der Waals surface area (Å²) in [5, 5.41) is 20.8. The molecule has 16 nitrogen and oxygen atoms in total. The lowest BCUT2D eigenvalue weighted by Gasteiger charge is -2.21. The minimum absolute atomic E-state index is 0.0965. The maximum absolute atomic E-state index is 13.2. The van der Waals surface area contributed by atoms with E-state index >= 15 is 0 Å². The first kappa shape index (κ1) is 130. The molecule has 5 atom stereocenters.